The molecule has 0 aliphatic heterocycles. The van der Waals surface area contributed by atoms with Gasteiger partial charge < -0.3 is 15.3 Å². The Bertz CT molecular complexity index is 726. The molecule has 0 saturated heterocycles. The number of nitrogens with one attached hydrogen (secondary N) is 1. The molecule has 0 spiro atoms. The summed E-state index contributed by atoms with van der Waals surface area (Å²) in [7, 11) is 0. The summed E-state index contributed by atoms with van der Waals surface area (Å²) in [6.45, 7) is 0. The summed E-state index contributed by atoms with van der Waals surface area (Å²) in [5, 5.41) is 39.3. The first-order valence-corrected chi connectivity index (χ1v) is 10.7. The number of benzene rings is 1. The Labute approximate surface area is 180 Å². The maximum Gasteiger partial charge on any atom is 0.243 e. The molecule has 1 aliphatic rings. The molecular formula is C22H31F2NO6. The van der Waals surface area contributed by atoms with E-state index in [1.54, 1.807) is 5.48 Å². The minimum Gasteiger partial charge on any atom is -0.393 e. The number of Topliss-reactive ketones (excluding diaryl/α,β-unsaturated/α-hetero) is 1. The van der Waals surface area contributed by atoms with Gasteiger partial charge in [0.15, 0.2) is 5.78 Å². The second kappa shape index (κ2) is 12.2. The van der Waals surface area contributed by atoms with Crippen molar-refractivity contribution in [3.8, 4) is 0 Å². The minimum absolute atomic E-state index is 0.0121. The Morgan fingerprint density at radius 1 is 0.968 bits per heavy atom. The van der Waals surface area contributed by atoms with Crippen LogP contribution in [0.15, 0.2) is 18.2 Å². The van der Waals surface area contributed by atoms with Gasteiger partial charge in [-0.2, -0.15) is 0 Å². The number of hydrogen-bond acceptors (Lipinski definition) is 6. The van der Waals surface area contributed by atoms with Gasteiger partial charge in [0, 0.05) is 18.1 Å². The molecule has 1 aromatic rings. The van der Waals surface area contributed by atoms with Crippen molar-refractivity contribution in [3.63, 3.8) is 0 Å². The lowest BCUT2D eigenvalue weighted by molar-refractivity contribution is -0.129. The van der Waals surface area contributed by atoms with Crippen molar-refractivity contribution >= 4 is 11.7 Å². The Morgan fingerprint density at radius 2 is 1.55 bits per heavy atom. The van der Waals surface area contributed by atoms with Crippen LogP contribution in [0, 0.1) is 23.5 Å². The third-order valence-corrected chi connectivity index (χ3v) is 6.06. The monoisotopic (exact) mass is 443 g/mol. The zero-order valence-corrected chi connectivity index (χ0v) is 17.3. The molecule has 1 saturated carbocycles. The van der Waals surface area contributed by atoms with E-state index in [0.29, 0.717) is 25.3 Å². The normalized spacial score (nSPS) is 24.2. The third-order valence-electron chi connectivity index (χ3n) is 6.06. The van der Waals surface area contributed by atoms with Crippen molar-refractivity contribution in [2.45, 2.75) is 76.1 Å². The number of carbonyl (C=O) groups is 2. The van der Waals surface area contributed by atoms with Crippen LogP contribution in [0.1, 0.15) is 68.1 Å². The summed E-state index contributed by atoms with van der Waals surface area (Å²) in [5.74, 6) is -3.48. The van der Waals surface area contributed by atoms with Gasteiger partial charge >= 0.3 is 0 Å². The van der Waals surface area contributed by atoms with Crippen LogP contribution < -0.4 is 5.48 Å². The number of hydrogen-bond donors (Lipinski definition) is 5. The van der Waals surface area contributed by atoms with Crippen molar-refractivity contribution in [3.05, 3.63) is 35.4 Å². The molecule has 5 N–H and O–H groups in total. The van der Waals surface area contributed by atoms with Crippen LogP contribution in [-0.2, 0) is 4.79 Å². The van der Waals surface area contributed by atoms with E-state index >= 15 is 0 Å². The van der Waals surface area contributed by atoms with Gasteiger partial charge in [-0.15, -0.1) is 0 Å². The topological polar surface area (TPSA) is 127 Å². The van der Waals surface area contributed by atoms with Crippen LogP contribution >= 0.6 is 0 Å². The Kier molecular flexibility index (Phi) is 9.95. The quantitative estimate of drug-likeness (QED) is 0.146. The average Bonchev–Trinajstić information content (AvgIpc) is 2.99. The highest BCUT2D eigenvalue weighted by atomic mass is 19.1. The van der Waals surface area contributed by atoms with Gasteiger partial charge in [0.1, 0.15) is 17.7 Å². The van der Waals surface area contributed by atoms with Gasteiger partial charge in [0.05, 0.1) is 12.2 Å². The van der Waals surface area contributed by atoms with Crippen LogP contribution in [0.3, 0.4) is 0 Å². The predicted octanol–water partition coefficient (Wildman–Crippen LogP) is 2.49. The molecule has 1 fully saturated rings. The summed E-state index contributed by atoms with van der Waals surface area (Å²) in [5.41, 5.74) is 1.34. The summed E-state index contributed by atoms with van der Waals surface area (Å²) >= 11 is 0. The van der Waals surface area contributed by atoms with Crippen molar-refractivity contribution in [1.29, 1.82) is 0 Å². The predicted molar refractivity (Wildman–Crippen MR) is 107 cm³/mol. The van der Waals surface area contributed by atoms with Gasteiger partial charge in [-0.3, -0.25) is 14.8 Å². The number of rotatable bonds is 12. The van der Waals surface area contributed by atoms with Crippen LogP contribution in [0.4, 0.5) is 8.78 Å². The first kappa shape index (κ1) is 25.3. The molecule has 31 heavy (non-hydrogen) atoms. The molecule has 0 heterocycles. The molecule has 0 bridgehead atoms. The SMILES string of the molecule is O=C(CCCCCCC1C(O)CC(O)C1CCC(O)C(=O)c1cc(F)cc(F)c1)NO. The standard InChI is InChI=1S/C22H31F2NO6/c23-14-9-13(10-15(24)11-14)22(30)18(26)8-7-17-16(19(27)12-20(17)28)5-3-1-2-4-6-21(29)25-31/h9-11,16-20,26-28,31H,1-8,12H2,(H,25,29). The molecular weight excluding hydrogens is 412 g/mol. The molecule has 5 atom stereocenters. The van der Waals surface area contributed by atoms with Crippen LogP contribution in [0.2, 0.25) is 0 Å². The lowest BCUT2D eigenvalue weighted by atomic mass is 9.84. The summed E-state index contributed by atoms with van der Waals surface area (Å²) in [6, 6.07) is 2.39. The number of halogens is 2. The molecule has 0 radical (unpaired) electrons. The number of ketones is 1. The Morgan fingerprint density at radius 3 is 2.16 bits per heavy atom. The fourth-order valence-electron chi connectivity index (χ4n) is 4.43. The van der Waals surface area contributed by atoms with E-state index in [4.69, 9.17) is 5.21 Å². The molecule has 0 aromatic heterocycles. The highest BCUT2D eigenvalue weighted by Gasteiger charge is 2.41. The Hall–Kier alpha value is -1.94. The van der Waals surface area contributed by atoms with Crippen molar-refractivity contribution < 1.29 is 38.9 Å². The summed E-state index contributed by atoms with van der Waals surface area (Å²) in [4.78, 5) is 23.3. The van der Waals surface area contributed by atoms with Crippen LogP contribution in [-0.4, -0.2) is 50.5 Å². The van der Waals surface area contributed by atoms with E-state index in [1.165, 1.54) is 0 Å². The number of aliphatic hydroxyl groups is 3. The van der Waals surface area contributed by atoms with E-state index in [0.717, 1.165) is 31.4 Å². The van der Waals surface area contributed by atoms with Gasteiger partial charge in [0.2, 0.25) is 5.91 Å². The van der Waals surface area contributed by atoms with E-state index in [-0.39, 0.29) is 36.7 Å². The number of amides is 1. The first-order valence-electron chi connectivity index (χ1n) is 10.7. The fourth-order valence-corrected chi connectivity index (χ4v) is 4.43. The van der Waals surface area contributed by atoms with Gasteiger partial charge in [-0.05, 0) is 56.1 Å². The molecule has 2 rings (SSSR count). The first-order chi connectivity index (χ1) is 14.7. The fraction of sp³-hybridized carbons (Fsp3) is 0.636. The third kappa shape index (κ3) is 7.60. The zero-order chi connectivity index (χ0) is 23.0. The van der Waals surface area contributed by atoms with Crippen molar-refractivity contribution in [2.75, 3.05) is 0 Å². The maximum absolute atomic E-state index is 13.3. The maximum atomic E-state index is 13.3. The largest absolute Gasteiger partial charge is 0.393 e. The Balaban J connectivity index is 1.82. The number of aliphatic hydroxyl groups excluding tert-OH is 3. The molecule has 1 amide bonds. The van der Waals surface area contributed by atoms with Gasteiger partial charge in [-0.25, -0.2) is 14.3 Å². The lowest BCUT2D eigenvalue weighted by Gasteiger charge is -2.24. The van der Waals surface area contributed by atoms with Crippen molar-refractivity contribution in [2.24, 2.45) is 11.8 Å². The summed E-state index contributed by atoms with van der Waals surface area (Å²) in [6.07, 6.45) is 1.61. The smallest absolute Gasteiger partial charge is 0.243 e. The second-order valence-corrected chi connectivity index (χ2v) is 8.30. The van der Waals surface area contributed by atoms with E-state index in [9.17, 15) is 33.7 Å². The lowest BCUT2D eigenvalue weighted by Crippen LogP contribution is -2.26. The molecule has 5 unspecified atom stereocenters. The molecule has 7 nitrogen and oxygen atoms in total. The average molecular weight is 443 g/mol. The van der Waals surface area contributed by atoms with Gasteiger partial charge in [0.25, 0.3) is 0 Å². The van der Waals surface area contributed by atoms with E-state index in [2.05, 4.69) is 0 Å². The van der Waals surface area contributed by atoms with Crippen LogP contribution in [0.5, 0.6) is 0 Å². The number of hydroxylamine groups is 1. The molecule has 1 aliphatic carbocycles. The van der Waals surface area contributed by atoms with Gasteiger partial charge in [-0.1, -0.05) is 19.3 Å². The highest BCUT2D eigenvalue weighted by Crippen LogP contribution is 2.39. The second-order valence-electron chi connectivity index (χ2n) is 8.30. The molecule has 1 aromatic carbocycles. The van der Waals surface area contributed by atoms with E-state index < -0.39 is 41.6 Å². The number of unbranched alkanes of at least 4 members (excludes halogenated alkanes) is 3. The minimum atomic E-state index is -1.45. The molecule has 174 valence electrons. The highest BCUT2D eigenvalue weighted by molar-refractivity contribution is 5.99. The molecule has 9 heteroatoms. The van der Waals surface area contributed by atoms with E-state index in [1.807, 2.05) is 0 Å². The summed E-state index contributed by atoms with van der Waals surface area (Å²) < 4.78 is 26.6. The van der Waals surface area contributed by atoms with Crippen molar-refractivity contribution in [1.82, 2.24) is 5.48 Å². The zero-order valence-electron chi connectivity index (χ0n) is 17.3. The van der Waals surface area contributed by atoms with Crippen LogP contribution in [0.25, 0.3) is 0 Å². The number of carbonyl (C=O) groups excluding carboxylic acids is 2.